The largest absolute Gasteiger partial charge is 0.358 e. The van der Waals surface area contributed by atoms with Gasteiger partial charge in [-0.1, -0.05) is 18.2 Å². The summed E-state index contributed by atoms with van der Waals surface area (Å²) >= 11 is 0. The van der Waals surface area contributed by atoms with Gasteiger partial charge >= 0.3 is 0 Å². The maximum Gasteiger partial charge on any atom is 0.0459 e. The number of rotatable bonds is 0. The number of piperidine rings is 1. The van der Waals surface area contributed by atoms with Crippen molar-refractivity contribution in [3.05, 3.63) is 35.5 Å². The molecule has 1 saturated heterocycles. The van der Waals surface area contributed by atoms with Crippen molar-refractivity contribution < 1.29 is 0 Å². The van der Waals surface area contributed by atoms with Gasteiger partial charge in [0.15, 0.2) is 0 Å². The molecule has 5 rings (SSSR count). The molecule has 3 unspecified atom stereocenters. The quantitative estimate of drug-likeness (QED) is 0.747. The zero-order valence-electron chi connectivity index (χ0n) is 10.5. The number of aromatic nitrogens is 1. The van der Waals surface area contributed by atoms with Crippen LogP contribution in [0.15, 0.2) is 24.3 Å². The third kappa shape index (κ3) is 1.08. The maximum atomic E-state index is 3.74. The maximum absolute atomic E-state index is 3.74. The van der Waals surface area contributed by atoms with Crippen LogP contribution >= 0.6 is 0 Å². The van der Waals surface area contributed by atoms with Crippen molar-refractivity contribution >= 4 is 10.9 Å². The Morgan fingerprint density at radius 1 is 1.17 bits per heavy atom. The average Bonchev–Trinajstić information content (AvgIpc) is 3.06. The summed E-state index contributed by atoms with van der Waals surface area (Å²) in [5.41, 5.74) is 4.54. The summed E-state index contributed by atoms with van der Waals surface area (Å²) in [7, 11) is 0. The van der Waals surface area contributed by atoms with Crippen LogP contribution in [0.4, 0.5) is 0 Å². The van der Waals surface area contributed by atoms with Gasteiger partial charge in [-0.25, -0.2) is 0 Å². The van der Waals surface area contributed by atoms with Crippen molar-refractivity contribution in [3.63, 3.8) is 0 Å². The number of hydrogen-bond acceptors (Lipinski definition) is 1. The van der Waals surface area contributed by atoms with Crippen molar-refractivity contribution in [3.8, 4) is 0 Å². The lowest BCUT2D eigenvalue weighted by Crippen LogP contribution is -2.36. The van der Waals surface area contributed by atoms with Gasteiger partial charge in [0.25, 0.3) is 0 Å². The van der Waals surface area contributed by atoms with Crippen LogP contribution in [0.2, 0.25) is 0 Å². The zero-order chi connectivity index (χ0) is 11.7. The van der Waals surface area contributed by atoms with Crippen molar-refractivity contribution in [1.82, 2.24) is 9.88 Å². The first kappa shape index (κ1) is 9.62. The molecule has 1 saturated carbocycles. The standard InChI is InChI=1S/C16H18N2/c1-2-4-14-11(3-1)12-5-6-18-9-10-7-13(15(18)8-10)16(12)17-14/h1-4,10,13,15,17H,5-9H2. The minimum atomic E-state index is 0.786. The highest BCUT2D eigenvalue weighted by Gasteiger charge is 2.47. The minimum absolute atomic E-state index is 0.786. The topological polar surface area (TPSA) is 19.0 Å². The normalized spacial score (nSPS) is 33.9. The summed E-state index contributed by atoms with van der Waals surface area (Å²) in [5.74, 6) is 1.76. The molecule has 0 amide bonds. The second kappa shape index (κ2) is 3.18. The Labute approximate surface area is 107 Å². The zero-order valence-corrected chi connectivity index (χ0v) is 10.5. The van der Waals surface area contributed by atoms with Gasteiger partial charge in [-0.3, -0.25) is 4.90 Å². The van der Waals surface area contributed by atoms with E-state index in [-0.39, 0.29) is 0 Å². The molecule has 1 aromatic carbocycles. The first-order valence-corrected chi connectivity index (χ1v) is 7.23. The summed E-state index contributed by atoms with van der Waals surface area (Å²) in [6.45, 7) is 2.63. The fraction of sp³-hybridized carbons (Fsp3) is 0.500. The average molecular weight is 238 g/mol. The molecular weight excluding hydrogens is 220 g/mol. The number of H-pyrrole nitrogens is 1. The number of aromatic amines is 1. The lowest BCUT2D eigenvalue weighted by molar-refractivity contribution is 0.201. The highest BCUT2D eigenvalue weighted by molar-refractivity contribution is 5.85. The molecule has 2 fully saturated rings. The Morgan fingerprint density at radius 2 is 2.11 bits per heavy atom. The fourth-order valence-electron chi connectivity index (χ4n) is 4.77. The molecule has 3 heterocycles. The van der Waals surface area contributed by atoms with Crippen molar-refractivity contribution in [1.29, 1.82) is 0 Å². The molecule has 92 valence electrons. The van der Waals surface area contributed by atoms with Crippen LogP contribution in [-0.2, 0) is 6.42 Å². The van der Waals surface area contributed by atoms with E-state index in [1.54, 1.807) is 11.3 Å². The first-order chi connectivity index (χ1) is 8.90. The molecule has 2 aliphatic heterocycles. The Bertz CT molecular complexity index is 627. The fourth-order valence-corrected chi connectivity index (χ4v) is 4.77. The second-order valence-corrected chi connectivity index (χ2v) is 6.32. The van der Waals surface area contributed by atoms with Crippen LogP contribution in [-0.4, -0.2) is 29.0 Å². The van der Waals surface area contributed by atoms with Crippen LogP contribution in [0.1, 0.15) is 30.0 Å². The number of para-hydroxylation sites is 1. The van der Waals surface area contributed by atoms with Gasteiger partial charge in [-0.05, 0) is 36.8 Å². The van der Waals surface area contributed by atoms with Crippen LogP contribution in [0.3, 0.4) is 0 Å². The van der Waals surface area contributed by atoms with Crippen LogP contribution in [0.5, 0.6) is 0 Å². The summed E-state index contributed by atoms with van der Waals surface area (Å²) in [6, 6.07) is 9.68. The number of benzene rings is 1. The molecule has 1 N–H and O–H groups in total. The van der Waals surface area contributed by atoms with Crippen molar-refractivity contribution in [2.24, 2.45) is 5.92 Å². The number of fused-ring (bicyclic) bond motifs is 5. The molecular formula is C16H18N2. The highest BCUT2D eigenvalue weighted by atomic mass is 15.2. The van der Waals surface area contributed by atoms with Gasteiger partial charge in [-0.15, -0.1) is 0 Å². The summed E-state index contributed by atoms with van der Waals surface area (Å²) in [6.07, 6.45) is 4.10. The minimum Gasteiger partial charge on any atom is -0.358 e. The molecule has 2 bridgehead atoms. The van der Waals surface area contributed by atoms with E-state index in [0.29, 0.717) is 0 Å². The Kier molecular flexibility index (Phi) is 1.70. The Morgan fingerprint density at radius 3 is 3.06 bits per heavy atom. The SMILES string of the molecule is c1ccc2c3c([nH]c2c1)C1CC2CC1N(CC3)C2. The third-order valence-electron chi connectivity index (χ3n) is 5.45. The van der Waals surface area contributed by atoms with E-state index in [0.717, 1.165) is 17.9 Å². The van der Waals surface area contributed by atoms with Gasteiger partial charge in [0.05, 0.1) is 0 Å². The molecule has 2 heteroatoms. The molecule has 0 spiro atoms. The van der Waals surface area contributed by atoms with Crippen molar-refractivity contribution in [2.75, 3.05) is 13.1 Å². The molecule has 1 aliphatic carbocycles. The lowest BCUT2D eigenvalue weighted by atomic mass is 9.93. The predicted molar refractivity (Wildman–Crippen MR) is 72.8 cm³/mol. The Hall–Kier alpha value is -1.28. The molecule has 18 heavy (non-hydrogen) atoms. The smallest absolute Gasteiger partial charge is 0.0459 e. The molecule has 0 radical (unpaired) electrons. The number of nitrogens with one attached hydrogen (secondary N) is 1. The molecule has 1 aromatic heterocycles. The summed E-state index contributed by atoms with van der Waals surface area (Å²) in [4.78, 5) is 6.49. The van der Waals surface area contributed by atoms with Crippen LogP contribution in [0, 0.1) is 5.92 Å². The van der Waals surface area contributed by atoms with Gasteiger partial charge in [0, 0.05) is 41.6 Å². The second-order valence-electron chi connectivity index (χ2n) is 6.32. The van der Waals surface area contributed by atoms with Gasteiger partial charge in [-0.2, -0.15) is 0 Å². The van der Waals surface area contributed by atoms with E-state index in [1.807, 2.05) is 0 Å². The summed E-state index contributed by atoms with van der Waals surface area (Å²) < 4.78 is 0. The summed E-state index contributed by atoms with van der Waals surface area (Å²) in [5, 5.41) is 1.47. The molecule has 2 aromatic rings. The molecule has 3 atom stereocenters. The lowest BCUT2D eigenvalue weighted by Gasteiger charge is -2.30. The van der Waals surface area contributed by atoms with Crippen LogP contribution < -0.4 is 0 Å². The van der Waals surface area contributed by atoms with Crippen LogP contribution in [0.25, 0.3) is 10.9 Å². The Balaban J connectivity index is 1.76. The number of nitrogens with zero attached hydrogens (tertiary/aromatic N) is 1. The van der Waals surface area contributed by atoms with E-state index >= 15 is 0 Å². The van der Waals surface area contributed by atoms with Crippen molar-refractivity contribution in [2.45, 2.75) is 31.2 Å². The molecule has 2 nitrogen and oxygen atoms in total. The number of hydrogen-bond donors (Lipinski definition) is 1. The van der Waals surface area contributed by atoms with Gasteiger partial charge in [0.1, 0.15) is 0 Å². The van der Waals surface area contributed by atoms with Gasteiger partial charge in [0.2, 0.25) is 0 Å². The van der Waals surface area contributed by atoms with E-state index in [9.17, 15) is 0 Å². The molecule has 3 aliphatic rings. The van der Waals surface area contributed by atoms with E-state index in [4.69, 9.17) is 0 Å². The van der Waals surface area contributed by atoms with E-state index in [1.165, 1.54) is 43.3 Å². The van der Waals surface area contributed by atoms with E-state index in [2.05, 4.69) is 34.1 Å². The predicted octanol–water partition coefficient (Wildman–Crippen LogP) is 2.90. The van der Waals surface area contributed by atoms with E-state index < -0.39 is 0 Å². The van der Waals surface area contributed by atoms with Gasteiger partial charge < -0.3 is 4.98 Å². The highest BCUT2D eigenvalue weighted by Crippen LogP contribution is 2.50. The monoisotopic (exact) mass is 238 g/mol. The first-order valence-electron chi connectivity index (χ1n) is 7.23. The third-order valence-corrected chi connectivity index (χ3v) is 5.45.